The van der Waals surface area contributed by atoms with Crippen molar-refractivity contribution in [2.75, 3.05) is 19.6 Å². The van der Waals surface area contributed by atoms with Crippen molar-refractivity contribution < 1.29 is 17.7 Å². The van der Waals surface area contributed by atoms with E-state index in [9.17, 15) is 13.2 Å². The number of amides is 1. The van der Waals surface area contributed by atoms with Gasteiger partial charge in [0.15, 0.2) is 0 Å². The summed E-state index contributed by atoms with van der Waals surface area (Å²) in [4.78, 5) is 19.1. The van der Waals surface area contributed by atoms with Crippen LogP contribution in [0.4, 0.5) is 0 Å². The molecule has 3 heterocycles. The minimum Gasteiger partial charge on any atom is -0.361 e. The molecule has 0 bridgehead atoms. The molecule has 1 aliphatic heterocycles. The lowest BCUT2D eigenvalue weighted by atomic mass is 9.95. The lowest BCUT2D eigenvalue weighted by Crippen LogP contribution is -2.44. The Morgan fingerprint density at radius 3 is 2.48 bits per heavy atom. The molecule has 1 aliphatic rings. The summed E-state index contributed by atoms with van der Waals surface area (Å²) in [5.74, 6) is 1.81. The van der Waals surface area contributed by atoms with E-state index in [1.807, 2.05) is 27.0 Å². The molecule has 10 heteroatoms. The molecule has 4 rings (SSSR count). The third kappa shape index (κ3) is 5.17. The molecule has 1 saturated heterocycles. The molecule has 0 radical (unpaired) electrons. The number of benzene rings is 1. The number of aryl methyl sites for hydroxylation is 3. The first-order valence-corrected chi connectivity index (χ1v) is 12.5. The van der Waals surface area contributed by atoms with Gasteiger partial charge in [0.05, 0.1) is 23.7 Å². The first-order valence-electron chi connectivity index (χ1n) is 11.0. The van der Waals surface area contributed by atoms with Crippen LogP contribution >= 0.6 is 0 Å². The second-order valence-corrected chi connectivity index (χ2v) is 10.3. The van der Waals surface area contributed by atoms with Gasteiger partial charge < -0.3 is 14.0 Å². The van der Waals surface area contributed by atoms with Gasteiger partial charge >= 0.3 is 0 Å². The molecule has 0 atom stereocenters. The summed E-state index contributed by atoms with van der Waals surface area (Å²) in [6.07, 6.45) is 5.30. The second-order valence-electron chi connectivity index (χ2n) is 8.51. The molecule has 33 heavy (non-hydrogen) atoms. The van der Waals surface area contributed by atoms with Gasteiger partial charge in [0, 0.05) is 37.0 Å². The van der Waals surface area contributed by atoms with Crippen molar-refractivity contribution in [1.82, 2.24) is 24.3 Å². The summed E-state index contributed by atoms with van der Waals surface area (Å²) in [6, 6.07) is 6.55. The van der Waals surface area contributed by atoms with Gasteiger partial charge in [0.2, 0.25) is 15.9 Å². The van der Waals surface area contributed by atoms with Crippen molar-refractivity contribution >= 4 is 15.9 Å². The number of piperidine rings is 1. The molecule has 0 spiro atoms. The quantitative estimate of drug-likeness (QED) is 0.567. The fraction of sp³-hybridized carbons (Fsp3) is 0.435. The Balaban J connectivity index is 1.32. The van der Waals surface area contributed by atoms with E-state index in [0.29, 0.717) is 19.6 Å². The lowest BCUT2D eigenvalue weighted by Gasteiger charge is -2.32. The van der Waals surface area contributed by atoms with Gasteiger partial charge in [-0.3, -0.25) is 4.79 Å². The van der Waals surface area contributed by atoms with Crippen LogP contribution < -0.4 is 4.72 Å². The zero-order chi connectivity index (χ0) is 23.6. The van der Waals surface area contributed by atoms with Gasteiger partial charge in [-0.25, -0.2) is 18.1 Å². The van der Waals surface area contributed by atoms with Crippen LogP contribution in [0.25, 0.3) is 0 Å². The van der Waals surface area contributed by atoms with Crippen molar-refractivity contribution in [1.29, 1.82) is 0 Å². The maximum absolute atomic E-state index is 12.6. The molecule has 0 saturated carbocycles. The highest BCUT2D eigenvalue weighted by Crippen LogP contribution is 2.28. The molecule has 0 aliphatic carbocycles. The minimum absolute atomic E-state index is 0.157. The van der Waals surface area contributed by atoms with Crippen LogP contribution in [0.15, 0.2) is 46.1 Å². The SMILES string of the molecule is Cc1ccc(S(=O)(=O)NCC(=O)N2CCC(c3nccn3Cc3c(C)noc3C)CC2)cc1. The molecule has 2 aromatic heterocycles. The Labute approximate surface area is 193 Å². The highest BCUT2D eigenvalue weighted by atomic mass is 32.2. The van der Waals surface area contributed by atoms with Gasteiger partial charge in [-0.2, -0.15) is 0 Å². The zero-order valence-corrected chi connectivity index (χ0v) is 19.9. The van der Waals surface area contributed by atoms with E-state index in [2.05, 4.69) is 19.4 Å². The number of hydrogen-bond donors (Lipinski definition) is 1. The average Bonchev–Trinajstić information content (AvgIpc) is 3.40. The van der Waals surface area contributed by atoms with Crippen LogP contribution in [-0.2, 0) is 21.4 Å². The Bertz CT molecular complexity index is 1200. The van der Waals surface area contributed by atoms with Crippen molar-refractivity contribution in [3.63, 3.8) is 0 Å². The minimum atomic E-state index is -3.72. The maximum Gasteiger partial charge on any atom is 0.241 e. The molecule has 0 unspecified atom stereocenters. The molecule has 1 N–H and O–H groups in total. The smallest absolute Gasteiger partial charge is 0.241 e. The summed E-state index contributed by atoms with van der Waals surface area (Å²) >= 11 is 0. The monoisotopic (exact) mass is 471 g/mol. The fourth-order valence-electron chi connectivity index (χ4n) is 4.17. The van der Waals surface area contributed by atoms with E-state index < -0.39 is 10.0 Å². The number of nitrogens with one attached hydrogen (secondary N) is 1. The normalized spacial score (nSPS) is 15.2. The summed E-state index contributed by atoms with van der Waals surface area (Å²) in [5.41, 5.74) is 2.91. The van der Waals surface area contributed by atoms with Gasteiger partial charge in [0.25, 0.3) is 0 Å². The predicted octanol–water partition coefficient (Wildman–Crippen LogP) is 2.53. The molecule has 176 valence electrons. The van der Waals surface area contributed by atoms with Gasteiger partial charge in [-0.15, -0.1) is 0 Å². The molecule has 9 nitrogen and oxygen atoms in total. The van der Waals surface area contributed by atoms with Crippen LogP contribution in [0, 0.1) is 20.8 Å². The number of likely N-dealkylation sites (tertiary alicyclic amines) is 1. The number of imidazole rings is 1. The van der Waals surface area contributed by atoms with Crippen molar-refractivity contribution in [2.45, 2.75) is 51.0 Å². The summed E-state index contributed by atoms with van der Waals surface area (Å²) in [7, 11) is -3.72. The van der Waals surface area contributed by atoms with E-state index in [1.165, 1.54) is 0 Å². The van der Waals surface area contributed by atoms with E-state index >= 15 is 0 Å². The standard InChI is InChI=1S/C23H29N5O4S/c1-16-4-6-20(7-5-16)33(30,31)25-14-22(29)27-11-8-19(9-12-27)23-24-10-13-28(23)15-21-17(2)26-32-18(21)3/h4-7,10,13,19,25H,8-9,11-12,14-15H2,1-3H3. The average molecular weight is 472 g/mol. The van der Waals surface area contributed by atoms with Gasteiger partial charge in [-0.1, -0.05) is 22.9 Å². The van der Waals surface area contributed by atoms with Crippen LogP contribution in [-0.4, -0.2) is 53.6 Å². The molecule has 1 aromatic carbocycles. The predicted molar refractivity (Wildman–Crippen MR) is 122 cm³/mol. The van der Waals surface area contributed by atoms with Crippen molar-refractivity contribution in [2.24, 2.45) is 0 Å². The number of rotatable bonds is 7. The molecular formula is C23H29N5O4S. The highest BCUT2D eigenvalue weighted by molar-refractivity contribution is 7.89. The largest absolute Gasteiger partial charge is 0.361 e. The number of aromatic nitrogens is 3. The van der Waals surface area contributed by atoms with Gasteiger partial charge in [0.1, 0.15) is 11.6 Å². The Hall–Kier alpha value is -2.98. The second kappa shape index (κ2) is 9.48. The number of sulfonamides is 1. The Morgan fingerprint density at radius 1 is 1.15 bits per heavy atom. The number of carbonyl (C=O) groups is 1. The third-order valence-electron chi connectivity index (χ3n) is 6.21. The Morgan fingerprint density at radius 2 is 1.85 bits per heavy atom. The maximum atomic E-state index is 12.6. The summed E-state index contributed by atoms with van der Waals surface area (Å²) in [5, 5.41) is 4.02. The molecule has 3 aromatic rings. The van der Waals surface area contributed by atoms with E-state index in [-0.39, 0.29) is 23.3 Å². The number of hydrogen-bond acceptors (Lipinski definition) is 6. The molecular weight excluding hydrogens is 442 g/mol. The summed E-state index contributed by atoms with van der Waals surface area (Å²) in [6.45, 7) is 7.25. The Kier molecular flexibility index (Phi) is 6.66. The molecule has 1 fully saturated rings. The fourth-order valence-corrected chi connectivity index (χ4v) is 5.14. The number of carbonyl (C=O) groups excluding carboxylic acids is 1. The molecule has 1 amide bonds. The highest BCUT2D eigenvalue weighted by Gasteiger charge is 2.27. The number of nitrogens with zero attached hydrogens (tertiary/aromatic N) is 4. The van der Waals surface area contributed by atoms with Crippen molar-refractivity contribution in [3.8, 4) is 0 Å². The van der Waals surface area contributed by atoms with E-state index in [0.717, 1.165) is 41.2 Å². The van der Waals surface area contributed by atoms with Crippen LogP contribution in [0.5, 0.6) is 0 Å². The third-order valence-corrected chi connectivity index (χ3v) is 7.63. The van der Waals surface area contributed by atoms with Crippen LogP contribution in [0.3, 0.4) is 0 Å². The summed E-state index contributed by atoms with van der Waals surface area (Å²) < 4.78 is 34.7. The van der Waals surface area contributed by atoms with Crippen LogP contribution in [0.1, 0.15) is 47.2 Å². The zero-order valence-electron chi connectivity index (χ0n) is 19.1. The lowest BCUT2D eigenvalue weighted by molar-refractivity contribution is -0.131. The first-order chi connectivity index (χ1) is 15.7. The van der Waals surface area contributed by atoms with E-state index in [1.54, 1.807) is 35.4 Å². The van der Waals surface area contributed by atoms with E-state index in [4.69, 9.17) is 4.52 Å². The van der Waals surface area contributed by atoms with Crippen LogP contribution in [0.2, 0.25) is 0 Å². The topological polar surface area (TPSA) is 110 Å². The first kappa shape index (κ1) is 23.2. The van der Waals surface area contributed by atoms with Crippen molar-refractivity contribution in [3.05, 3.63) is 65.1 Å². The van der Waals surface area contributed by atoms with Gasteiger partial charge in [-0.05, 0) is 45.7 Å².